The third-order valence-corrected chi connectivity index (χ3v) is 6.67. The number of anilines is 1. The van der Waals surface area contributed by atoms with Gasteiger partial charge in [-0.1, -0.05) is 42.5 Å². The molecule has 1 fully saturated rings. The molecule has 0 amide bonds. The summed E-state index contributed by atoms with van der Waals surface area (Å²) in [5.41, 5.74) is 5.39. The zero-order valence-electron chi connectivity index (χ0n) is 16.7. The van der Waals surface area contributed by atoms with E-state index in [0.29, 0.717) is 12.1 Å². The minimum atomic E-state index is 0.649. The number of pyridine rings is 1. The molecular formula is C25H29N3. The first-order valence-corrected chi connectivity index (χ1v) is 10.7. The highest BCUT2D eigenvalue weighted by atomic mass is 15.2. The molecule has 1 saturated carbocycles. The molecule has 1 aliphatic heterocycles. The van der Waals surface area contributed by atoms with E-state index in [0.717, 1.165) is 25.2 Å². The van der Waals surface area contributed by atoms with Gasteiger partial charge in [-0.25, -0.2) is 0 Å². The number of aryl methyl sites for hydroxylation is 1. The van der Waals surface area contributed by atoms with E-state index in [-0.39, 0.29) is 0 Å². The van der Waals surface area contributed by atoms with Gasteiger partial charge < -0.3 is 10.2 Å². The first-order chi connectivity index (χ1) is 13.8. The highest BCUT2D eigenvalue weighted by Crippen LogP contribution is 2.38. The van der Waals surface area contributed by atoms with Crippen LogP contribution in [0.4, 0.5) is 5.69 Å². The van der Waals surface area contributed by atoms with Gasteiger partial charge in [-0.2, -0.15) is 0 Å². The van der Waals surface area contributed by atoms with Crippen molar-refractivity contribution >= 4 is 16.5 Å². The SMILES string of the molecule is Cc1ncc2c3c(cccc13)N(C1CCC(NCc3ccccc3)CC1)CC2. The number of nitrogens with one attached hydrogen (secondary N) is 1. The highest BCUT2D eigenvalue weighted by Gasteiger charge is 2.29. The molecule has 1 aromatic heterocycles. The van der Waals surface area contributed by atoms with E-state index in [1.807, 2.05) is 0 Å². The molecule has 0 bridgehead atoms. The average molecular weight is 372 g/mol. The van der Waals surface area contributed by atoms with Crippen LogP contribution in [0.1, 0.15) is 42.5 Å². The maximum absolute atomic E-state index is 4.62. The molecular weight excluding hydrogens is 342 g/mol. The fourth-order valence-electron chi connectivity index (χ4n) is 5.11. The molecule has 0 spiro atoms. The molecule has 2 heterocycles. The van der Waals surface area contributed by atoms with Crippen LogP contribution in [0.3, 0.4) is 0 Å². The molecule has 1 aliphatic carbocycles. The molecule has 2 aromatic carbocycles. The number of aromatic nitrogens is 1. The molecule has 2 aliphatic rings. The van der Waals surface area contributed by atoms with Crippen LogP contribution in [0.15, 0.2) is 54.7 Å². The summed E-state index contributed by atoms with van der Waals surface area (Å²) < 4.78 is 0. The Balaban J connectivity index is 1.28. The topological polar surface area (TPSA) is 28.2 Å². The van der Waals surface area contributed by atoms with E-state index in [9.17, 15) is 0 Å². The molecule has 3 aromatic rings. The van der Waals surface area contributed by atoms with Gasteiger partial charge in [-0.15, -0.1) is 0 Å². The van der Waals surface area contributed by atoms with Crippen molar-refractivity contribution in [2.75, 3.05) is 11.4 Å². The van der Waals surface area contributed by atoms with Crippen molar-refractivity contribution in [3.63, 3.8) is 0 Å². The predicted molar refractivity (Wildman–Crippen MR) is 117 cm³/mol. The fraction of sp³-hybridized carbons (Fsp3) is 0.400. The third-order valence-electron chi connectivity index (χ3n) is 6.67. The van der Waals surface area contributed by atoms with Gasteiger partial charge in [-0.3, -0.25) is 4.98 Å². The summed E-state index contributed by atoms with van der Waals surface area (Å²) in [6.45, 7) is 4.24. The summed E-state index contributed by atoms with van der Waals surface area (Å²) >= 11 is 0. The maximum Gasteiger partial charge on any atom is 0.0452 e. The molecule has 144 valence electrons. The molecule has 5 rings (SSSR count). The van der Waals surface area contributed by atoms with Gasteiger partial charge in [0.15, 0.2) is 0 Å². The Morgan fingerprint density at radius 1 is 1.00 bits per heavy atom. The first-order valence-electron chi connectivity index (χ1n) is 10.7. The summed E-state index contributed by atoms with van der Waals surface area (Å²) in [6, 6.07) is 18.8. The minimum absolute atomic E-state index is 0.649. The zero-order valence-corrected chi connectivity index (χ0v) is 16.7. The van der Waals surface area contributed by atoms with E-state index < -0.39 is 0 Å². The highest BCUT2D eigenvalue weighted by molar-refractivity contribution is 5.99. The van der Waals surface area contributed by atoms with Crippen molar-refractivity contribution in [2.45, 2.75) is 57.7 Å². The van der Waals surface area contributed by atoms with Gasteiger partial charge in [0.05, 0.1) is 0 Å². The predicted octanol–water partition coefficient (Wildman–Crippen LogP) is 5.01. The summed E-state index contributed by atoms with van der Waals surface area (Å²) in [5.74, 6) is 0. The standard InChI is InChI=1S/C25H29N3/c1-18-23-8-5-9-24-25(23)20(17-26-18)14-15-28(24)22-12-10-21(11-13-22)27-16-19-6-3-2-4-7-19/h2-9,17,21-22,27H,10-16H2,1H3. The molecule has 28 heavy (non-hydrogen) atoms. The van der Waals surface area contributed by atoms with Gasteiger partial charge in [0.2, 0.25) is 0 Å². The normalized spacial score (nSPS) is 21.8. The van der Waals surface area contributed by atoms with Crippen molar-refractivity contribution < 1.29 is 0 Å². The van der Waals surface area contributed by atoms with Crippen LogP contribution < -0.4 is 10.2 Å². The monoisotopic (exact) mass is 371 g/mol. The minimum Gasteiger partial charge on any atom is -0.368 e. The summed E-state index contributed by atoms with van der Waals surface area (Å²) in [7, 11) is 0. The van der Waals surface area contributed by atoms with Gasteiger partial charge in [0, 0.05) is 53.5 Å². The number of nitrogens with zero attached hydrogens (tertiary/aromatic N) is 2. The second-order valence-corrected chi connectivity index (χ2v) is 8.38. The maximum atomic E-state index is 4.62. The number of hydrogen-bond donors (Lipinski definition) is 1. The Hall–Kier alpha value is -2.39. The average Bonchev–Trinajstić information content (AvgIpc) is 2.76. The van der Waals surface area contributed by atoms with Crippen LogP contribution in [0, 0.1) is 6.92 Å². The second kappa shape index (κ2) is 7.56. The molecule has 0 radical (unpaired) electrons. The van der Waals surface area contributed by atoms with Crippen LogP contribution >= 0.6 is 0 Å². The van der Waals surface area contributed by atoms with Crippen molar-refractivity contribution in [1.82, 2.24) is 10.3 Å². The van der Waals surface area contributed by atoms with Crippen molar-refractivity contribution in [1.29, 1.82) is 0 Å². The van der Waals surface area contributed by atoms with Crippen LogP contribution in [0.2, 0.25) is 0 Å². The Morgan fingerprint density at radius 2 is 1.82 bits per heavy atom. The Labute approximate surface area is 167 Å². The van der Waals surface area contributed by atoms with Crippen LogP contribution in [-0.2, 0) is 13.0 Å². The van der Waals surface area contributed by atoms with E-state index in [2.05, 4.69) is 76.9 Å². The molecule has 3 nitrogen and oxygen atoms in total. The smallest absolute Gasteiger partial charge is 0.0452 e. The molecule has 3 heteroatoms. The van der Waals surface area contributed by atoms with Crippen molar-refractivity contribution in [2.24, 2.45) is 0 Å². The molecule has 0 atom stereocenters. The summed E-state index contributed by atoms with van der Waals surface area (Å²) in [6.07, 6.45) is 8.32. The Kier molecular flexibility index (Phi) is 4.77. The lowest BCUT2D eigenvalue weighted by molar-refractivity contribution is 0.330. The van der Waals surface area contributed by atoms with Gasteiger partial charge >= 0.3 is 0 Å². The third kappa shape index (κ3) is 3.29. The first kappa shape index (κ1) is 17.7. The largest absolute Gasteiger partial charge is 0.368 e. The molecule has 0 saturated heterocycles. The van der Waals surface area contributed by atoms with E-state index in [1.54, 1.807) is 0 Å². The van der Waals surface area contributed by atoms with Gasteiger partial charge in [0.25, 0.3) is 0 Å². The quantitative estimate of drug-likeness (QED) is 0.699. The number of benzene rings is 2. The van der Waals surface area contributed by atoms with E-state index >= 15 is 0 Å². The van der Waals surface area contributed by atoms with E-state index in [4.69, 9.17) is 0 Å². The van der Waals surface area contributed by atoms with E-state index in [1.165, 1.54) is 53.3 Å². The number of rotatable bonds is 4. The zero-order chi connectivity index (χ0) is 18.9. The second-order valence-electron chi connectivity index (χ2n) is 8.38. The molecule has 1 N–H and O–H groups in total. The van der Waals surface area contributed by atoms with Gasteiger partial charge in [0.1, 0.15) is 0 Å². The Morgan fingerprint density at radius 3 is 2.64 bits per heavy atom. The lowest BCUT2D eigenvalue weighted by Crippen LogP contribution is -2.44. The number of hydrogen-bond acceptors (Lipinski definition) is 3. The summed E-state index contributed by atoms with van der Waals surface area (Å²) in [4.78, 5) is 7.32. The van der Waals surface area contributed by atoms with Crippen LogP contribution in [0.25, 0.3) is 10.8 Å². The Bertz CT molecular complexity index is 958. The lowest BCUT2D eigenvalue weighted by atomic mass is 9.87. The fourth-order valence-corrected chi connectivity index (χ4v) is 5.11. The van der Waals surface area contributed by atoms with Crippen molar-refractivity contribution in [3.05, 3.63) is 71.5 Å². The lowest BCUT2D eigenvalue weighted by Gasteiger charge is -2.41. The van der Waals surface area contributed by atoms with Crippen LogP contribution in [-0.4, -0.2) is 23.6 Å². The van der Waals surface area contributed by atoms with Crippen molar-refractivity contribution in [3.8, 4) is 0 Å². The molecule has 0 unspecified atom stereocenters. The van der Waals surface area contributed by atoms with Crippen LogP contribution in [0.5, 0.6) is 0 Å². The summed E-state index contributed by atoms with van der Waals surface area (Å²) in [5, 5.41) is 6.56. The van der Waals surface area contributed by atoms with Gasteiger partial charge in [-0.05, 0) is 56.2 Å².